The minimum atomic E-state index is -0.240. The van der Waals surface area contributed by atoms with Gasteiger partial charge in [-0.3, -0.25) is 0 Å². The Morgan fingerprint density at radius 2 is 2.42 bits per heavy atom. The highest BCUT2D eigenvalue weighted by atomic mass is 32.2. The lowest BCUT2D eigenvalue weighted by Gasteiger charge is -2.09. The Morgan fingerprint density at radius 3 is 3.21 bits per heavy atom. The van der Waals surface area contributed by atoms with Crippen molar-refractivity contribution in [1.82, 2.24) is 15.1 Å². The molecule has 1 aliphatic rings. The van der Waals surface area contributed by atoms with Gasteiger partial charge in [0, 0.05) is 30.1 Å². The first kappa shape index (κ1) is 12.7. The molecule has 3 nitrogen and oxygen atoms in total. The molecule has 0 saturated carbocycles. The molecule has 0 amide bonds. The van der Waals surface area contributed by atoms with Gasteiger partial charge in [-0.15, -0.1) is 0 Å². The number of hydrogen-bond donors (Lipinski definition) is 1. The van der Waals surface area contributed by atoms with E-state index in [2.05, 4.69) is 10.4 Å². The van der Waals surface area contributed by atoms with Gasteiger partial charge in [0.05, 0.1) is 11.9 Å². The highest BCUT2D eigenvalue weighted by molar-refractivity contribution is 7.99. The molecule has 100 valence electrons. The fourth-order valence-electron chi connectivity index (χ4n) is 2.17. The SMILES string of the molecule is Fc1cccc(-n2cc(CN[C@@H]3CCSC3)cn2)c1. The highest BCUT2D eigenvalue weighted by Gasteiger charge is 2.14. The zero-order valence-corrected chi connectivity index (χ0v) is 11.4. The molecule has 19 heavy (non-hydrogen) atoms. The minimum Gasteiger partial charge on any atom is -0.309 e. The molecule has 1 aromatic carbocycles. The summed E-state index contributed by atoms with van der Waals surface area (Å²) in [5.41, 5.74) is 1.88. The number of benzene rings is 1. The third-order valence-electron chi connectivity index (χ3n) is 3.23. The summed E-state index contributed by atoms with van der Waals surface area (Å²) >= 11 is 2.00. The van der Waals surface area contributed by atoms with Gasteiger partial charge < -0.3 is 5.32 Å². The van der Waals surface area contributed by atoms with Crippen molar-refractivity contribution in [3.8, 4) is 5.69 Å². The van der Waals surface area contributed by atoms with Gasteiger partial charge in [-0.2, -0.15) is 16.9 Å². The molecule has 0 aliphatic carbocycles. The second-order valence-electron chi connectivity index (χ2n) is 4.71. The maximum absolute atomic E-state index is 13.2. The maximum atomic E-state index is 13.2. The molecule has 0 unspecified atom stereocenters. The van der Waals surface area contributed by atoms with E-state index in [-0.39, 0.29) is 5.82 Å². The molecule has 0 bridgehead atoms. The van der Waals surface area contributed by atoms with Gasteiger partial charge in [0.1, 0.15) is 5.82 Å². The molecule has 3 rings (SSSR count). The first-order chi connectivity index (χ1) is 9.31. The number of halogens is 1. The number of nitrogens with zero attached hydrogens (tertiary/aromatic N) is 2. The summed E-state index contributed by atoms with van der Waals surface area (Å²) in [6, 6.07) is 7.08. The van der Waals surface area contributed by atoms with Gasteiger partial charge >= 0.3 is 0 Å². The van der Waals surface area contributed by atoms with E-state index < -0.39 is 0 Å². The summed E-state index contributed by atoms with van der Waals surface area (Å²) < 4.78 is 14.9. The van der Waals surface area contributed by atoms with Crippen molar-refractivity contribution in [1.29, 1.82) is 0 Å². The lowest BCUT2D eigenvalue weighted by Crippen LogP contribution is -2.27. The van der Waals surface area contributed by atoms with Crippen molar-refractivity contribution in [2.75, 3.05) is 11.5 Å². The Bertz CT molecular complexity index is 549. The van der Waals surface area contributed by atoms with E-state index in [1.165, 1.54) is 30.1 Å². The summed E-state index contributed by atoms with van der Waals surface area (Å²) in [7, 11) is 0. The molecule has 1 fully saturated rings. The summed E-state index contributed by atoms with van der Waals surface area (Å²) in [5.74, 6) is 2.20. The van der Waals surface area contributed by atoms with Crippen LogP contribution >= 0.6 is 11.8 Å². The molecule has 1 atom stereocenters. The summed E-state index contributed by atoms with van der Waals surface area (Å²) in [6.45, 7) is 0.820. The predicted octanol–water partition coefficient (Wildman–Crippen LogP) is 2.61. The maximum Gasteiger partial charge on any atom is 0.125 e. The van der Waals surface area contributed by atoms with E-state index in [0.29, 0.717) is 6.04 Å². The summed E-state index contributed by atoms with van der Waals surface area (Å²) in [5, 5.41) is 7.80. The molecule has 1 N–H and O–H groups in total. The monoisotopic (exact) mass is 277 g/mol. The number of thioether (sulfide) groups is 1. The van der Waals surface area contributed by atoms with Gasteiger partial charge in [0.15, 0.2) is 0 Å². The van der Waals surface area contributed by atoms with Crippen LogP contribution in [-0.4, -0.2) is 27.3 Å². The van der Waals surface area contributed by atoms with Gasteiger partial charge in [-0.25, -0.2) is 9.07 Å². The van der Waals surface area contributed by atoms with Gasteiger partial charge in [0.25, 0.3) is 0 Å². The average molecular weight is 277 g/mol. The van der Waals surface area contributed by atoms with Crippen LogP contribution in [0.1, 0.15) is 12.0 Å². The second kappa shape index (κ2) is 5.75. The fraction of sp³-hybridized carbons (Fsp3) is 0.357. The van der Waals surface area contributed by atoms with E-state index in [9.17, 15) is 4.39 Å². The van der Waals surface area contributed by atoms with E-state index in [0.717, 1.165) is 17.8 Å². The Morgan fingerprint density at radius 1 is 1.47 bits per heavy atom. The zero-order valence-electron chi connectivity index (χ0n) is 10.6. The Balaban J connectivity index is 1.65. The van der Waals surface area contributed by atoms with Crippen LogP contribution in [-0.2, 0) is 6.54 Å². The van der Waals surface area contributed by atoms with Crippen LogP contribution in [0.25, 0.3) is 5.69 Å². The third-order valence-corrected chi connectivity index (χ3v) is 4.40. The molecular formula is C14H16FN3S. The van der Waals surface area contributed by atoms with E-state index in [1.807, 2.05) is 30.2 Å². The largest absolute Gasteiger partial charge is 0.309 e. The van der Waals surface area contributed by atoms with E-state index in [4.69, 9.17) is 0 Å². The molecular weight excluding hydrogens is 261 g/mol. The van der Waals surface area contributed by atoms with E-state index in [1.54, 1.807) is 10.7 Å². The third kappa shape index (κ3) is 3.16. The van der Waals surface area contributed by atoms with Crippen LogP contribution in [0.3, 0.4) is 0 Å². The number of aromatic nitrogens is 2. The molecule has 1 aliphatic heterocycles. The van der Waals surface area contributed by atoms with Crippen LogP contribution in [0.4, 0.5) is 4.39 Å². The van der Waals surface area contributed by atoms with Crippen LogP contribution in [0, 0.1) is 5.82 Å². The standard InChI is InChI=1S/C14H16FN3S/c15-12-2-1-3-14(6-12)18-9-11(8-17-18)7-16-13-4-5-19-10-13/h1-3,6,8-9,13,16H,4-5,7,10H2/t13-/m1/s1. The summed E-state index contributed by atoms with van der Waals surface area (Å²) in [6.07, 6.45) is 5.02. The zero-order chi connectivity index (χ0) is 13.1. The number of rotatable bonds is 4. The lowest BCUT2D eigenvalue weighted by molar-refractivity contribution is 0.558. The highest BCUT2D eigenvalue weighted by Crippen LogP contribution is 2.17. The van der Waals surface area contributed by atoms with Crippen molar-refractivity contribution < 1.29 is 4.39 Å². The molecule has 2 heterocycles. The minimum absolute atomic E-state index is 0.240. The molecule has 1 aromatic heterocycles. The smallest absolute Gasteiger partial charge is 0.125 e. The van der Waals surface area contributed by atoms with Crippen molar-refractivity contribution in [2.24, 2.45) is 0 Å². The topological polar surface area (TPSA) is 29.9 Å². The van der Waals surface area contributed by atoms with Gasteiger partial charge in [-0.05, 0) is 30.4 Å². The molecule has 0 radical (unpaired) electrons. The lowest BCUT2D eigenvalue weighted by atomic mass is 10.2. The van der Waals surface area contributed by atoms with Crippen molar-refractivity contribution in [3.63, 3.8) is 0 Å². The van der Waals surface area contributed by atoms with Crippen LogP contribution in [0.15, 0.2) is 36.7 Å². The molecule has 5 heteroatoms. The molecule has 1 saturated heterocycles. The predicted molar refractivity (Wildman–Crippen MR) is 76.1 cm³/mol. The first-order valence-corrected chi connectivity index (χ1v) is 7.57. The van der Waals surface area contributed by atoms with Crippen LogP contribution < -0.4 is 5.32 Å². The Kier molecular flexibility index (Phi) is 3.84. The average Bonchev–Trinajstić information content (AvgIpc) is 3.08. The van der Waals surface area contributed by atoms with Crippen molar-refractivity contribution in [3.05, 3.63) is 48.0 Å². The fourth-order valence-corrected chi connectivity index (χ4v) is 3.36. The Hall–Kier alpha value is -1.33. The van der Waals surface area contributed by atoms with Gasteiger partial charge in [0.2, 0.25) is 0 Å². The van der Waals surface area contributed by atoms with Crippen molar-refractivity contribution >= 4 is 11.8 Å². The molecule has 2 aromatic rings. The van der Waals surface area contributed by atoms with Crippen LogP contribution in [0.5, 0.6) is 0 Å². The van der Waals surface area contributed by atoms with Crippen molar-refractivity contribution in [2.45, 2.75) is 19.0 Å². The quantitative estimate of drug-likeness (QED) is 0.931. The number of nitrogens with one attached hydrogen (secondary N) is 1. The Labute approximate surface area is 116 Å². The number of hydrogen-bond acceptors (Lipinski definition) is 3. The normalized spacial score (nSPS) is 18.9. The first-order valence-electron chi connectivity index (χ1n) is 6.42. The summed E-state index contributed by atoms with van der Waals surface area (Å²) in [4.78, 5) is 0. The van der Waals surface area contributed by atoms with Gasteiger partial charge in [-0.1, -0.05) is 6.07 Å². The molecule has 0 spiro atoms. The second-order valence-corrected chi connectivity index (χ2v) is 5.86. The van der Waals surface area contributed by atoms with E-state index >= 15 is 0 Å². The van der Waals surface area contributed by atoms with Crippen LogP contribution in [0.2, 0.25) is 0 Å².